The lowest BCUT2D eigenvalue weighted by Crippen LogP contribution is -2.27. The Bertz CT molecular complexity index is 352. The quantitative estimate of drug-likeness (QED) is 0.917. The lowest BCUT2D eigenvalue weighted by molar-refractivity contribution is 0.273. The van der Waals surface area contributed by atoms with Crippen LogP contribution < -0.4 is 5.32 Å². The zero-order valence-corrected chi connectivity index (χ0v) is 11.5. The van der Waals surface area contributed by atoms with Gasteiger partial charge in [0.05, 0.1) is 0 Å². The maximum atomic E-state index is 3.67. The molecule has 1 aliphatic heterocycles. The van der Waals surface area contributed by atoms with Gasteiger partial charge in [0.25, 0.3) is 0 Å². The molecule has 1 heterocycles. The molecule has 1 N–H and O–H groups in total. The first-order valence-electron chi connectivity index (χ1n) is 5.83. The van der Waals surface area contributed by atoms with Crippen LogP contribution in [0.25, 0.3) is 0 Å². The van der Waals surface area contributed by atoms with E-state index in [2.05, 4.69) is 57.5 Å². The van der Waals surface area contributed by atoms with Crippen LogP contribution in [-0.2, 0) is 0 Å². The fourth-order valence-electron chi connectivity index (χ4n) is 2.71. The molecule has 2 atom stereocenters. The highest BCUT2D eigenvalue weighted by molar-refractivity contribution is 9.10. The van der Waals surface area contributed by atoms with Gasteiger partial charge in [-0.25, -0.2) is 0 Å². The molecule has 1 aromatic carbocycles. The maximum absolute atomic E-state index is 3.67. The average molecular weight is 283 g/mol. The van der Waals surface area contributed by atoms with Crippen molar-refractivity contribution in [2.75, 3.05) is 27.2 Å². The second-order valence-corrected chi connectivity index (χ2v) is 5.41. The van der Waals surface area contributed by atoms with Crippen molar-refractivity contribution in [2.45, 2.75) is 12.5 Å². The first-order chi connectivity index (χ1) is 7.74. The molecular weight excluding hydrogens is 264 g/mol. The molecule has 2 nitrogen and oxygen atoms in total. The van der Waals surface area contributed by atoms with E-state index in [4.69, 9.17) is 0 Å². The van der Waals surface area contributed by atoms with Crippen molar-refractivity contribution in [3.8, 4) is 0 Å². The molecule has 0 aromatic heterocycles. The predicted molar refractivity (Wildman–Crippen MR) is 71.5 cm³/mol. The number of nitrogens with one attached hydrogen (secondary N) is 1. The van der Waals surface area contributed by atoms with Gasteiger partial charge in [-0.2, -0.15) is 0 Å². The Hall–Kier alpha value is -0.380. The van der Waals surface area contributed by atoms with Crippen LogP contribution in [0.2, 0.25) is 0 Å². The number of benzene rings is 1. The van der Waals surface area contributed by atoms with Crippen LogP contribution in [-0.4, -0.2) is 32.1 Å². The Labute approximate surface area is 106 Å². The third-order valence-electron chi connectivity index (χ3n) is 3.46. The highest BCUT2D eigenvalue weighted by Crippen LogP contribution is 2.38. The zero-order chi connectivity index (χ0) is 11.5. The van der Waals surface area contributed by atoms with Gasteiger partial charge in [-0.3, -0.25) is 4.90 Å². The molecule has 0 radical (unpaired) electrons. The summed E-state index contributed by atoms with van der Waals surface area (Å²) in [6, 6.07) is 9.12. The van der Waals surface area contributed by atoms with E-state index in [0.717, 1.165) is 6.54 Å². The van der Waals surface area contributed by atoms with E-state index in [1.54, 1.807) is 0 Å². The van der Waals surface area contributed by atoms with E-state index in [9.17, 15) is 0 Å². The van der Waals surface area contributed by atoms with Crippen LogP contribution in [0, 0.1) is 5.92 Å². The molecule has 0 bridgehead atoms. The summed E-state index contributed by atoms with van der Waals surface area (Å²) in [5, 5.41) is 3.31. The third kappa shape index (κ3) is 2.31. The minimum Gasteiger partial charge on any atom is -0.319 e. The van der Waals surface area contributed by atoms with Crippen LogP contribution in [0.3, 0.4) is 0 Å². The summed E-state index contributed by atoms with van der Waals surface area (Å²) >= 11 is 3.67. The summed E-state index contributed by atoms with van der Waals surface area (Å²) in [6.45, 7) is 2.29. The number of hydrogen-bond donors (Lipinski definition) is 1. The van der Waals surface area contributed by atoms with Gasteiger partial charge >= 0.3 is 0 Å². The normalized spacial score (nSPS) is 26.2. The second kappa shape index (κ2) is 5.30. The van der Waals surface area contributed by atoms with E-state index < -0.39 is 0 Å². The van der Waals surface area contributed by atoms with E-state index in [0.29, 0.717) is 12.0 Å². The number of likely N-dealkylation sites (tertiary alicyclic amines) is 1. The van der Waals surface area contributed by atoms with Gasteiger partial charge < -0.3 is 5.32 Å². The Morgan fingerprint density at radius 2 is 2.19 bits per heavy atom. The Balaban J connectivity index is 2.26. The molecule has 0 saturated carbocycles. The van der Waals surface area contributed by atoms with Crippen molar-refractivity contribution in [1.82, 2.24) is 10.2 Å². The monoisotopic (exact) mass is 282 g/mol. The van der Waals surface area contributed by atoms with E-state index in [1.165, 1.54) is 23.0 Å². The summed E-state index contributed by atoms with van der Waals surface area (Å²) in [5.41, 5.74) is 1.42. The third-order valence-corrected chi connectivity index (χ3v) is 4.19. The maximum Gasteiger partial charge on any atom is 0.0397 e. The van der Waals surface area contributed by atoms with Crippen LogP contribution >= 0.6 is 15.9 Å². The lowest BCUT2D eigenvalue weighted by Gasteiger charge is -2.26. The summed E-state index contributed by atoms with van der Waals surface area (Å²) < 4.78 is 1.23. The molecule has 0 spiro atoms. The Morgan fingerprint density at radius 3 is 2.88 bits per heavy atom. The fourth-order valence-corrected chi connectivity index (χ4v) is 3.23. The van der Waals surface area contributed by atoms with Crippen LogP contribution in [0.1, 0.15) is 18.0 Å². The summed E-state index contributed by atoms with van der Waals surface area (Å²) in [4.78, 5) is 2.46. The smallest absolute Gasteiger partial charge is 0.0397 e. The molecule has 0 aliphatic carbocycles. The summed E-state index contributed by atoms with van der Waals surface area (Å²) in [5.74, 6) is 0.716. The molecule has 1 aromatic rings. The van der Waals surface area contributed by atoms with Crippen LogP contribution in [0.4, 0.5) is 0 Å². The van der Waals surface area contributed by atoms with Gasteiger partial charge in [-0.15, -0.1) is 0 Å². The molecule has 1 fully saturated rings. The lowest BCUT2D eigenvalue weighted by atomic mass is 9.94. The van der Waals surface area contributed by atoms with E-state index in [1.807, 2.05) is 7.05 Å². The van der Waals surface area contributed by atoms with Gasteiger partial charge in [0.2, 0.25) is 0 Å². The highest BCUT2D eigenvalue weighted by Gasteiger charge is 2.33. The zero-order valence-electron chi connectivity index (χ0n) is 9.91. The van der Waals surface area contributed by atoms with Crippen molar-refractivity contribution in [3.05, 3.63) is 34.3 Å². The average Bonchev–Trinajstić information content (AvgIpc) is 2.62. The topological polar surface area (TPSA) is 15.3 Å². The SMILES string of the molecule is CNCC1CCN(C)C1c1ccccc1Br. The van der Waals surface area contributed by atoms with Crippen molar-refractivity contribution < 1.29 is 0 Å². The number of rotatable bonds is 3. The van der Waals surface area contributed by atoms with Gasteiger partial charge in [0.15, 0.2) is 0 Å². The van der Waals surface area contributed by atoms with Crippen molar-refractivity contribution in [1.29, 1.82) is 0 Å². The first kappa shape index (κ1) is 12.1. The molecule has 3 heteroatoms. The number of nitrogens with zero attached hydrogens (tertiary/aromatic N) is 1. The molecule has 1 aliphatic rings. The summed E-state index contributed by atoms with van der Waals surface area (Å²) in [6.07, 6.45) is 1.28. The minimum absolute atomic E-state index is 0.544. The fraction of sp³-hybridized carbons (Fsp3) is 0.538. The van der Waals surface area contributed by atoms with E-state index in [-0.39, 0.29) is 0 Å². The molecule has 0 amide bonds. The molecule has 2 unspecified atom stereocenters. The molecular formula is C13H19BrN2. The van der Waals surface area contributed by atoms with Crippen LogP contribution in [0.15, 0.2) is 28.7 Å². The Morgan fingerprint density at radius 1 is 1.44 bits per heavy atom. The first-order valence-corrected chi connectivity index (χ1v) is 6.62. The van der Waals surface area contributed by atoms with Gasteiger partial charge in [0.1, 0.15) is 0 Å². The number of halogens is 1. The van der Waals surface area contributed by atoms with E-state index >= 15 is 0 Å². The van der Waals surface area contributed by atoms with Crippen molar-refractivity contribution >= 4 is 15.9 Å². The minimum atomic E-state index is 0.544. The highest BCUT2D eigenvalue weighted by atomic mass is 79.9. The molecule has 1 saturated heterocycles. The Kier molecular flexibility index (Phi) is 4.00. The number of hydrogen-bond acceptors (Lipinski definition) is 2. The largest absolute Gasteiger partial charge is 0.319 e. The predicted octanol–water partition coefficient (Wildman–Crippen LogP) is 2.66. The second-order valence-electron chi connectivity index (χ2n) is 4.55. The molecule has 88 valence electrons. The standard InChI is InChI=1S/C13H19BrN2/c1-15-9-10-7-8-16(2)13(10)11-5-3-4-6-12(11)14/h3-6,10,13,15H,7-9H2,1-2H3. The molecule has 16 heavy (non-hydrogen) atoms. The van der Waals surface area contributed by atoms with Crippen molar-refractivity contribution in [3.63, 3.8) is 0 Å². The summed E-state index contributed by atoms with van der Waals surface area (Å²) in [7, 11) is 4.26. The molecule has 2 rings (SSSR count). The van der Waals surface area contributed by atoms with Gasteiger partial charge in [0, 0.05) is 10.5 Å². The van der Waals surface area contributed by atoms with Gasteiger partial charge in [-0.05, 0) is 51.2 Å². The van der Waals surface area contributed by atoms with Gasteiger partial charge in [-0.1, -0.05) is 34.1 Å². The van der Waals surface area contributed by atoms with Crippen LogP contribution in [0.5, 0.6) is 0 Å². The van der Waals surface area contributed by atoms with Crippen molar-refractivity contribution in [2.24, 2.45) is 5.92 Å².